The van der Waals surface area contributed by atoms with Crippen LogP contribution in [0.3, 0.4) is 0 Å². The van der Waals surface area contributed by atoms with Gasteiger partial charge in [0.2, 0.25) is 0 Å². The molecule has 11 aromatic carbocycles. The molecule has 0 nitrogen and oxygen atoms in total. The van der Waals surface area contributed by atoms with Crippen molar-refractivity contribution in [3.05, 3.63) is 238 Å². The number of rotatable bonds is 0. The van der Waals surface area contributed by atoms with Crippen LogP contribution in [0.1, 0.15) is 70.8 Å². The molecule has 15 rings (SSSR count). The fourth-order valence-electron chi connectivity index (χ4n) is 13.5. The van der Waals surface area contributed by atoms with Gasteiger partial charge in [-0.25, -0.2) is 0 Å². The predicted molar refractivity (Wildman–Crippen MR) is 259 cm³/mol. The van der Waals surface area contributed by atoms with Crippen molar-refractivity contribution in [1.82, 2.24) is 0 Å². The second-order valence-corrected chi connectivity index (χ2v) is 19.4. The van der Waals surface area contributed by atoms with Crippen LogP contribution in [0, 0.1) is 0 Å². The van der Waals surface area contributed by atoms with E-state index < -0.39 is 10.8 Å². The molecule has 0 aliphatic heterocycles. The Bertz CT molecular complexity index is 3760. The molecule has 0 unspecified atom stereocenters. The molecule has 0 saturated carbocycles. The van der Waals surface area contributed by atoms with Gasteiger partial charge in [0.1, 0.15) is 0 Å². The Labute approximate surface area is 361 Å². The van der Waals surface area contributed by atoms with E-state index in [4.69, 9.17) is 0 Å². The Morgan fingerprint density at radius 1 is 0.274 bits per heavy atom. The van der Waals surface area contributed by atoms with Crippen molar-refractivity contribution in [2.24, 2.45) is 0 Å². The maximum atomic E-state index is 2.64. The van der Waals surface area contributed by atoms with Crippen LogP contribution in [-0.4, -0.2) is 0 Å². The summed E-state index contributed by atoms with van der Waals surface area (Å²) in [7, 11) is 0. The molecule has 0 fully saturated rings. The lowest BCUT2D eigenvalue weighted by atomic mass is 9.69. The van der Waals surface area contributed by atoms with Crippen LogP contribution < -0.4 is 0 Å². The number of hydrogen-bond acceptors (Lipinski definition) is 0. The zero-order chi connectivity index (χ0) is 40.9. The standard InChI is InChI=1S/C62H40/c1-60(2,3)35-30-31-43-53(32-35)62(50-27-11-6-18-38(50)39-19-7-12-28-51(39)62)55-34-47-41-21-14-23-44-56(41)46(40-22-15-24-45(57(40)47)59(43)55)33-54-58(44)42-20-8-13-29-52(42)61(54)48-25-9-4-16-36(48)37-17-5-10-26-49(37)61/h4-34H,1-3H3. The van der Waals surface area contributed by atoms with Crippen LogP contribution in [0.15, 0.2) is 188 Å². The van der Waals surface area contributed by atoms with Crippen molar-refractivity contribution in [3.8, 4) is 44.5 Å². The van der Waals surface area contributed by atoms with Gasteiger partial charge in [-0.15, -0.1) is 0 Å². The van der Waals surface area contributed by atoms with Crippen LogP contribution in [0.25, 0.3) is 87.6 Å². The molecule has 0 heterocycles. The smallest absolute Gasteiger partial charge is 0.0619 e. The van der Waals surface area contributed by atoms with E-state index in [2.05, 4.69) is 209 Å². The van der Waals surface area contributed by atoms with Crippen molar-refractivity contribution in [3.63, 3.8) is 0 Å². The molecule has 0 heteroatoms. The molecule has 4 aliphatic carbocycles. The third-order valence-corrected chi connectivity index (χ3v) is 15.8. The van der Waals surface area contributed by atoms with Gasteiger partial charge in [-0.2, -0.15) is 0 Å². The average molecular weight is 785 g/mol. The number of hydrogen-bond donors (Lipinski definition) is 0. The molecule has 0 amide bonds. The van der Waals surface area contributed by atoms with Crippen molar-refractivity contribution < 1.29 is 0 Å². The first kappa shape index (κ1) is 33.4. The molecule has 0 aromatic heterocycles. The quantitative estimate of drug-likeness (QED) is 0.106. The number of fused-ring (bicyclic) bond motifs is 24. The zero-order valence-electron chi connectivity index (χ0n) is 34.9. The molecule has 11 aromatic rings. The summed E-state index contributed by atoms with van der Waals surface area (Å²) in [6.07, 6.45) is 0. The summed E-state index contributed by atoms with van der Waals surface area (Å²) in [5, 5.41) is 10.8. The third kappa shape index (κ3) is 3.57. The van der Waals surface area contributed by atoms with Crippen LogP contribution in [0.4, 0.5) is 0 Å². The largest absolute Gasteiger partial charge is 0.0726 e. The Hall–Kier alpha value is -7.28. The van der Waals surface area contributed by atoms with Gasteiger partial charge in [0, 0.05) is 0 Å². The first-order valence-electron chi connectivity index (χ1n) is 22.3. The number of benzene rings is 11. The van der Waals surface area contributed by atoms with Gasteiger partial charge in [0.05, 0.1) is 10.8 Å². The van der Waals surface area contributed by atoms with Crippen molar-refractivity contribution in [2.45, 2.75) is 37.0 Å². The van der Waals surface area contributed by atoms with Gasteiger partial charge in [-0.3, -0.25) is 0 Å². The second kappa shape index (κ2) is 11.0. The monoisotopic (exact) mass is 784 g/mol. The van der Waals surface area contributed by atoms with E-state index in [1.807, 2.05) is 0 Å². The van der Waals surface area contributed by atoms with Gasteiger partial charge < -0.3 is 0 Å². The van der Waals surface area contributed by atoms with E-state index in [1.165, 1.54) is 138 Å². The molecule has 0 bridgehead atoms. The summed E-state index contributed by atoms with van der Waals surface area (Å²) >= 11 is 0. The highest BCUT2D eigenvalue weighted by Gasteiger charge is 2.54. The van der Waals surface area contributed by atoms with Gasteiger partial charge in [0.25, 0.3) is 0 Å². The minimum Gasteiger partial charge on any atom is -0.0619 e. The molecule has 0 atom stereocenters. The van der Waals surface area contributed by atoms with E-state index in [1.54, 1.807) is 0 Å². The fraction of sp³-hybridized carbons (Fsp3) is 0.0968. The average Bonchev–Trinajstić information content (AvgIpc) is 3.99. The zero-order valence-corrected chi connectivity index (χ0v) is 34.9. The summed E-state index contributed by atoms with van der Waals surface area (Å²) in [6, 6.07) is 73.1. The summed E-state index contributed by atoms with van der Waals surface area (Å²) in [5.41, 5.74) is 22.5. The SMILES string of the molecule is CC(C)(C)c1ccc2c(c1)C1(c3ccccc3-c3ccccc31)c1cc3c4cccc5c6c(cc(c7cccc(c1-2)c73)c54)C1(c2ccccc2-c2ccccc21)c1ccccc1-6. The maximum Gasteiger partial charge on any atom is 0.0726 e. The molecule has 4 aliphatic rings. The Kier molecular flexibility index (Phi) is 5.91. The van der Waals surface area contributed by atoms with E-state index in [0.29, 0.717) is 0 Å². The summed E-state index contributed by atoms with van der Waals surface area (Å²) in [5.74, 6) is 0. The molecule has 0 radical (unpaired) electrons. The lowest BCUT2D eigenvalue weighted by Crippen LogP contribution is -2.26. The lowest BCUT2D eigenvalue weighted by molar-refractivity contribution is 0.588. The summed E-state index contributed by atoms with van der Waals surface area (Å²) in [4.78, 5) is 0. The molecule has 288 valence electrons. The fourth-order valence-corrected chi connectivity index (χ4v) is 13.5. The molecular weight excluding hydrogens is 745 g/mol. The van der Waals surface area contributed by atoms with Gasteiger partial charge in [0.15, 0.2) is 0 Å². The molecule has 0 N–H and O–H groups in total. The van der Waals surface area contributed by atoms with Crippen molar-refractivity contribution in [1.29, 1.82) is 0 Å². The minimum absolute atomic E-state index is 0.0000362. The highest BCUT2D eigenvalue weighted by Crippen LogP contribution is 2.67. The second-order valence-electron chi connectivity index (χ2n) is 19.4. The van der Waals surface area contributed by atoms with Crippen LogP contribution >= 0.6 is 0 Å². The topological polar surface area (TPSA) is 0 Å². The van der Waals surface area contributed by atoms with Crippen LogP contribution in [0.2, 0.25) is 0 Å². The summed E-state index contributed by atoms with van der Waals surface area (Å²) in [6.45, 7) is 7.05. The molecule has 0 saturated heterocycles. The molecule has 2 spiro atoms. The highest BCUT2D eigenvalue weighted by atomic mass is 14.5. The van der Waals surface area contributed by atoms with Crippen molar-refractivity contribution >= 4 is 43.1 Å². The highest BCUT2D eigenvalue weighted by molar-refractivity contribution is 6.36. The van der Waals surface area contributed by atoms with E-state index in [9.17, 15) is 0 Å². The predicted octanol–water partition coefficient (Wildman–Crippen LogP) is 15.7. The van der Waals surface area contributed by atoms with Crippen LogP contribution in [0.5, 0.6) is 0 Å². The first-order chi connectivity index (χ1) is 30.4. The lowest BCUT2D eigenvalue weighted by Gasteiger charge is -2.32. The first-order valence-corrected chi connectivity index (χ1v) is 22.3. The van der Waals surface area contributed by atoms with Gasteiger partial charge >= 0.3 is 0 Å². The van der Waals surface area contributed by atoms with E-state index >= 15 is 0 Å². The minimum atomic E-state index is -0.444. The Balaban J connectivity index is 1.14. The van der Waals surface area contributed by atoms with Crippen LogP contribution in [-0.2, 0) is 16.2 Å². The maximum absolute atomic E-state index is 2.64. The van der Waals surface area contributed by atoms with E-state index in [0.717, 1.165) is 0 Å². The van der Waals surface area contributed by atoms with Gasteiger partial charge in [-0.1, -0.05) is 197 Å². The van der Waals surface area contributed by atoms with Gasteiger partial charge in [-0.05, 0) is 155 Å². The Morgan fingerprint density at radius 2 is 0.629 bits per heavy atom. The van der Waals surface area contributed by atoms with Crippen molar-refractivity contribution in [2.75, 3.05) is 0 Å². The Morgan fingerprint density at radius 3 is 1.06 bits per heavy atom. The van der Waals surface area contributed by atoms with E-state index in [-0.39, 0.29) is 5.41 Å². The normalized spacial score (nSPS) is 15.3. The summed E-state index contributed by atoms with van der Waals surface area (Å²) < 4.78 is 0. The molecule has 62 heavy (non-hydrogen) atoms. The third-order valence-electron chi connectivity index (χ3n) is 15.8. The molecular formula is C62H40.